The van der Waals surface area contributed by atoms with Crippen LogP contribution in [-0.2, 0) is 16.1 Å². The van der Waals surface area contributed by atoms with Crippen LogP contribution in [0.15, 0.2) is 30.3 Å². The zero-order valence-corrected chi connectivity index (χ0v) is 9.59. The number of carbonyl (C=O) groups excluding carboxylic acids is 1. The Morgan fingerprint density at radius 1 is 1.44 bits per heavy atom. The first kappa shape index (κ1) is 12.7. The van der Waals surface area contributed by atoms with Crippen LogP contribution in [0.2, 0.25) is 0 Å². The van der Waals surface area contributed by atoms with Gasteiger partial charge in [0.2, 0.25) is 0 Å². The van der Waals surface area contributed by atoms with Crippen molar-refractivity contribution in [3.05, 3.63) is 35.9 Å². The Kier molecular flexibility index (Phi) is 4.95. The largest absolute Gasteiger partial charge is 0.468 e. The molecule has 4 heteroatoms. The fourth-order valence-electron chi connectivity index (χ4n) is 1.51. The van der Waals surface area contributed by atoms with E-state index in [1.807, 2.05) is 30.3 Å². The van der Waals surface area contributed by atoms with Crippen LogP contribution in [0.5, 0.6) is 0 Å². The normalized spacial score (nSPS) is 12.5. The molecular weight excluding hydrogens is 206 g/mol. The SMILES string of the molecule is COC(=O)[C@H](CO)N(C)Cc1ccccc1. The molecule has 1 aromatic carbocycles. The minimum absolute atomic E-state index is 0.240. The fourth-order valence-corrected chi connectivity index (χ4v) is 1.51. The molecule has 1 rings (SSSR count). The van der Waals surface area contributed by atoms with Gasteiger partial charge in [0.25, 0.3) is 0 Å². The van der Waals surface area contributed by atoms with Crippen molar-refractivity contribution in [2.24, 2.45) is 0 Å². The first-order chi connectivity index (χ1) is 7.69. The van der Waals surface area contributed by atoms with Gasteiger partial charge in [-0.2, -0.15) is 0 Å². The molecule has 1 N–H and O–H groups in total. The summed E-state index contributed by atoms with van der Waals surface area (Å²) in [5.41, 5.74) is 1.09. The number of benzene rings is 1. The Bertz CT molecular complexity index is 326. The number of esters is 1. The van der Waals surface area contributed by atoms with Crippen LogP contribution in [0.4, 0.5) is 0 Å². The number of aliphatic hydroxyl groups is 1. The van der Waals surface area contributed by atoms with Crippen LogP contribution >= 0.6 is 0 Å². The molecule has 0 saturated heterocycles. The van der Waals surface area contributed by atoms with E-state index in [1.165, 1.54) is 7.11 Å². The van der Waals surface area contributed by atoms with Crippen LogP contribution in [0.25, 0.3) is 0 Å². The third-order valence-electron chi connectivity index (χ3n) is 2.45. The molecule has 0 unspecified atom stereocenters. The molecule has 1 atom stereocenters. The molecular formula is C12H17NO3. The maximum Gasteiger partial charge on any atom is 0.325 e. The smallest absolute Gasteiger partial charge is 0.325 e. The van der Waals surface area contributed by atoms with Gasteiger partial charge in [-0.1, -0.05) is 30.3 Å². The second-order valence-electron chi connectivity index (χ2n) is 3.62. The number of rotatable bonds is 5. The van der Waals surface area contributed by atoms with Gasteiger partial charge in [-0.05, 0) is 12.6 Å². The Morgan fingerprint density at radius 3 is 2.56 bits per heavy atom. The van der Waals surface area contributed by atoms with Crippen molar-refractivity contribution in [2.45, 2.75) is 12.6 Å². The lowest BCUT2D eigenvalue weighted by Crippen LogP contribution is -2.41. The van der Waals surface area contributed by atoms with Crippen molar-refractivity contribution in [2.75, 3.05) is 20.8 Å². The summed E-state index contributed by atoms with van der Waals surface area (Å²) in [4.78, 5) is 13.1. The first-order valence-corrected chi connectivity index (χ1v) is 5.12. The van der Waals surface area contributed by atoms with Gasteiger partial charge in [-0.3, -0.25) is 9.69 Å². The summed E-state index contributed by atoms with van der Waals surface area (Å²) in [5.74, 6) is -0.416. The average Bonchev–Trinajstić information content (AvgIpc) is 2.31. The van der Waals surface area contributed by atoms with E-state index in [9.17, 15) is 4.79 Å². The Labute approximate surface area is 95.5 Å². The predicted molar refractivity (Wildman–Crippen MR) is 60.8 cm³/mol. The number of carbonyl (C=O) groups is 1. The third kappa shape index (κ3) is 3.32. The molecule has 0 aliphatic carbocycles. The standard InChI is InChI=1S/C12H17NO3/c1-13(11(9-14)12(15)16-2)8-10-6-4-3-5-7-10/h3-7,11,14H,8-9H2,1-2H3/t11-/m0/s1. The highest BCUT2D eigenvalue weighted by Gasteiger charge is 2.22. The van der Waals surface area contributed by atoms with E-state index < -0.39 is 12.0 Å². The quantitative estimate of drug-likeness (QED) is 0.745. The number of aliphatic hydroxyl groups excluding tert-OH is 1. The van der Waals surface area contributed by atoms with Crippen LogP contribution < -0.4 is 0 Å². The van der Waals surface area contributed by atoms with Gasteiger partial charge in [0, 0.05) is 6.54 Å². The summed E-state index contributed by atoms with van der Waals surface area (Å²) in [6, 6.07) is 9.16. The lowest BCUT2D eigenvalue weighted by atomic mass is 10.2. The van der Waals surface area contributed by atoms with Gasteiger partial charge in [0.05, 0.1) is 13.7 Å². The number of nitrogens with zero attached hydrogens (tertiary/aromatic N) is 1. The van der Waals surface area contributed by atoms with Crippen molar-refractivity contribution >= 4 is 5.97 Å². The Morgan fingerprint density at radius 2 is 2.06 bits per heavy atom. The van der Waals surface area contributed by atoms with Crippen molar-refractivity contribution < 1.29 is 14.6 Å². The molecule has 0 amide bonds. The van der Waals surface area contributed by atoms with Crippen molar-refractivity contribution in [3.63, 3.8) is 0 Å². The molecule has 16 heavy (non-hydrogen) atoms. The van der Waals surface area contributed by atoms with Gasteiger partial charge in [0.15, 0.2) is 0 Å². The average molecular weight is 223 g/mol. The third-order valence-corrected chi connectivity index (χ3v) is 2.45. The number of hydrogen-bond donors (Lipinski definition) is 1. The second kappa shape index (κ2) is 6.25. The monoisotopic (exact) mass is 223 g/mol. The second-order valence-corrected chi connectivity index (χ2v) is 3.62. The molecule has 1 aromatic rings. The number of methoxy groups -OCH3 is 1. The first-order valence-electron chi connectivity index (χ1n) is 5.12. The predicted octanol–water partition coefficient (Wildman–Crippen LogP) is 0.652. The van der Waals surface area contributed by atoms with Gasteiger partial charge >= 0.3 is 5.97 Å². The summed E-state index contributed by atoms with van der Waals surface area (Å²) in [7, 11) is 3.10. The van der Waals surface area contributed by atoms with E-state index in [1.54, 1.807) is 11.9 Å². The van der Waals surface area contributed by atoms with E-state index in [0.717, 1.165) is 5.56 Å². The lowest BCUT2D eigenvalue weighted by Gasteiger charge is -2.24. The van der Waals surface area contributed by atoms with Gasteiger partial charge < -0.3 is 9.84 Å². The van der Waals surface area contributed by atoms with Gasteiger partial charge in [-0.15, -0.1) is 0 Å². The highest BCUT2D eigenvalue weighted by molar-refractivity contribution is 5.75. The van der Waals surface area contributed by atoms with E-state index in [2.05, 4.69) is 4.74 Å². The Hall–Kier alpha value is -1.39. The van der Waals surface area contributed by atoms with Crippen LogP contribution in [-0.4, -0.2) is 42.8 Å². The molecule has 0 aliphatic rings. The maximum absolute atomic E-state index is 11.4. The Balaban J connectivity index is 2.63. The molecule has 0 fully saturated rings. The molecule has 4 nitrogen and oxygen atoms in total. The minimum atomic E-state index is -0.606. The van der Waals surface area contributed by atoms with Crippen LogP contribution in [0.1, 0.15) is 5.56 Å². The van der Waals surface area contributed by atoms with Gasteiger partial charge in [0.1, 0.15) is 6.04 Å². The lowest BCUT2D eigenvalue weighted by molar-refractivity contribution is -0.148. The summed E-state index contributed by atoms with van der Waals surface area (Å²) < 4.78 is 4.62. The molecule has 0 radical (unpaired) electrons. The number of hydrogen-bond acceptors (Lipinski definition) is 4. The molecule has 88 valence electrons. The summed E-state index contributed by atoms with van der Waals surface area (Å²) in [6.45, 7) is 0.358. The molecule has 0 aromatic heterocycles. The van der Waals surface area contributed by atoms with Gasteiger partial charge in [-0.25, -0.2) is 0 Å². The summed E-state index contributed by atoms with van der Waals surface area (Å²) in [6.07, 6.45) is 0. The topological polar surface area (TPSA) is 49.8 Å². The number of ether oxygens (including phenoxy) is 1. The fraction of sp³-hybridized carbons (Fsp3) is 0.417. The van der Waals surface area contributed by atoms with E-state index >= 15 is 0 Å². The summed E-state index contributed by atoms with van der Waals surface area (Å²) in [5, 5.41) is 9.13. The number of likely N-dealkylation sites (N-methyl/N-ethyl adjacent to an activating group) is 1. The molecule has 0 heterocycles. The zero-order valence-electron chi connectivity index (χ0n) is 9.59. The molecule has 0 spiro atoms. The van der Waals surface area contributed by atoms with E-state index in [-0.39, 0.29) is 6.61 Å². The zero-order chi connectivity index (χ0) is 12.0. The van der Waals surface area contributed by atoms with E-state index in [4.69, 9.17) is 5.11 Å². The van der Waals surface area contributed by atoms with E-state index in [0.29, 0.717) is 6.54 Å². The highest BCUT2D eigenvalue weighted by atomic mass is 16.5. The minimum Gasteiger partial charge on any atom is -0.468 e. The highest BCUT2D eigenvalue weighted by Crippen LogP contribution is 2.06. The molecule has 0 aliphatic heterocycles. The molecule has 0 bridgehead atoms. The van der Waals surface area contributed by atoms with Crippen molar-refractivity contribution in [1.82, 2.24) is 4.90 Å². The van der Waals surface area contributed by atoms with Crippen LogP contribution in [0, 0.1) is 0 Å². The summed E-state index contributed by atoms with van der Waals surface area (Å²) >= 11 is 0. The molecule has 0 saturated carbocycles. The van der Waals surface area contributed by atoms with Crippen molar-refractivity contribution in [3.8, 4) is 0 Å². The van der Waals surface area contributed by atoms with Crippen LogP contribution in [0.3, 0.4) is 0 Å². The van der Waals surface area contributed by atoms with Crippen molar-refractivity contribution in [1.29, 1.82) is 0 Å². The maximum atomic E-state index is 11.4.